The van der Waals surface area contributed by atoms with E-state index in [-0.39, 0.29) is 24.9 Å². The molecule has 0 spiro atoms. The van der Waals surface area contributed by atoms with Crippen LogP contribution in [0, 0.1) is 13.8 Å². The average molecular weight is 328 g/mol. The topological polar surface area (TPSA) is 72.6 Å². The summed E-state index contributed by atoms with van der Waals surface area (Å²) in [6.45, 7) is 4.54. The minimum Gasteiger partial charge on any atom is -0.460 e. The molecule has 0 radical (unpaired) electrons. The largest absolute Gasteiger partial charge is 0.460 e. The van der Waals surface area contributed by atoms with Gasteiger partial charge < -0.3 is 14.2 Å². The summed E-state index contributed by atoms with van der Waals surface area (Å²) in [5, 5.41) is 3.83. The zero-order valence-electron chi connectivity index (χ0n) is 13.9. The van der Waals surface area contributed by atoms with Crippen LogP contribution in [-0.4, -0.2) is 23.6 Å². The van der Waals surface area contributed by atoms with Crippen LogP contribution in [0.4, 0.5) is 5.69 Å². The quantitative estimate of drug-likeness (QED) is 0.789. The fourth-order valence-corrected chi connectivity index (χ4v) is 2.79. The first-order valence-corrected chi connectivity index (χ1v) is 8.01. The molecule has 1 aromatic carbocycles. The summed E-state index contributed by atoms with van der Waals surface area (Å²) in [5.41, 5.74) is 3.28. The van der Waals surface area contributed by atoms with Gasteiger partial charge in [-0.15, -0.1) is 0 Å². The monoisotopic (exact) mass is 328 g/mol. The summed E-state index contributed by atoms with van der Waals surface area (Å²) >= 11 is 0. The molecule has 0 bridgehead atoms. The van der Waals surface area contributed by atoms with Gasteiger partial charge in [0.05, 0.1) is 17.7 Å². The molecule has 0 saturated carbocycles. The van der Waals surface area contributed by atoms with E-state index >= 15 is 0 Å². The number of benzene rings is 1. The minimum atomic E-state index is -0.306. The van der Waals surface area contributed by atoms with Crippen molar-refractivity contribution in [3.05, 3.63) is 46.8 Å². The van der Waals surface area contributed by atoms with Gasteiger partial charge in [0.1, 0.15) is 12.4 Å². The molecule has 0 unspecified atom stereocenters. The van der Waals surface area contributed by atoms with Crippen molar-refractivity contribution in [2.75, 3.05) is 11.4 Å². The summed E-state index contributed by atoms with van der Waals surface area (Å²) in [7, 11) is 0. The van der Waals surface area contributed by atoms with Crippen LogP contribution in [0.2, 0.25) is 0 Å². The van der Waals surface area contributed by atoms with Gasteiger partial charge in [-0.25, -0.2) is 0 Å². The Morgan fingerprint density at radius 1 is 1.29 bits per heavy atom. The molecule has 0 N–H and O–H groups in total. The fourth-order valence-electron chi connectivity index (χ4n) is 2.79. The van der Waals surface area contributed by atoms with E-state index in [0.29, 0.717) is 12.2 Å². The van der Waals surface area contributed by atoms with Crippen LogP contribution in [-0.2, 0) is 27.4 Å². The van der Waals surface area contributed by atoms with E-state index in [0.717, 1.165) is 35.5 Å². The van der Waals surface area contributed by atoms with Gasteiger partial charge in [-0.3, -0.25) is 9.59 Å². The molecule has 2 heterocycles. The summed E-state index contributed by atoms with van der Waals surface area (Å²) in [4.78, 5) is 25.5. The maximum absolute atomic E-state index is 12.0. The predicted octanol–water partition coefficient (Wildman–Crippen LogP) is 2.70. The SMILES string of the molecule is Cc1noc(C)c1COC(=O)Cc1ccc(N2CCCC2=O)cc1. The molecule has 6 heteroatoms. The highest BCUT2D eigenvalue weighted by Gasteiger charge is 2.21. The number of esters is 1. The number of aromatic nitrogens is 1. The van der Waals surface area contributed by atoms with Crippen molar-refractivity contribution < 1.29 is 18.8 Å². The highest BCUT2D eigenvalue weighted by molar-refractivity contribution is 5.95. The summed E-state index contributed by atoms with van der Waals surface area (Å²) < 4.78 is 10.3. The zero-order valence-corrected chi connectivity index (χ0v) is 13.9. The Morgan fingerprint density at radius 2 is 2.04 bits per heavy atom. The van der Waals surface area contributed by atoms with E-state index in [2.05, 4.69) is 5.16 Å². The number of nitrogens with zero attached hydrogens (tertiary/aromatic N) is 2. The Morgan fingerprint density at radius 3 is 2.62 bits per heavy atom. The Balaban J connectivity index is 1.56. The number of carbonyl (C=O) groups is 2. The van der Waals surface area contributed by atoms with Gasteiger partial charge in [0.2, 0.25) is 5.91 Å². The molecule has 1 fully saturated rings. The third-order valence-electron chi connectivity index (χ3n) is 4.23. The van der Waals surface area contributed by atoms with Gasteiger partial charge in [-0.1, -0.05) is 17.3 Å². The van der Waals surface area contributed by atoms with E-state index in [1.54, 1.807) is 11.8 Å². The molecule has 0 aliphatic carbocycles. The van der Waals surface area contributed by atoms with E-state index in [1.807, 2.05) is 31.2 Å². The van der Waals surface area contributed by atoms with E-state index in [4.69, 9.17) is 9.26 Å². The van der Waals surface area contributed by atoms with Crippen LogP contribution in [0.5, 0.6) is 0 Å². The second-order valence-corrected chi connectivity index (χ2v) is 5.96. The molecular weight excluding hydrogens is 308 g/mol. The Kier molecular flexibility index (Phi) is 4.64. The number of hydrogen-bond acceptors (Lipinski definition) is 5. The van der Waals surface area contributed by atoms with E-state index in [9.17, 15) is 9.59 Å². The van der Waals surface area contributed by atoms with Crippen molar-refractivity contribution in [2.24, 2.45) is 0 Å². The van der Waals surface area contributed by atoms with Crippen molar-refractivity contribution in [1.29, 1.82) is 0 Å². The lowest BCUT2D eigenvalue weighted by Gasteiger charge is -2.15. The maximum Gasteiger partial charge on any atom is 0.310 e. The number of rotatable bonds is 5. The van der Waals surface area contributed by atoms with Gasteiger partial charge in [0.25, 0.3) is 0 Å². The van der Waals surface area contributed by atoms with Crippen LogP contribution in [0.3, 0.4) is 0 Å². The number of hydrogen-bond donors (Lipinski definition) is 0. The lowest BCUT2D eigenvalue weighted by molar-refractivity contribution is -0.144. The number of carbonyl (C=O) groups excluding carboxylic acids is 2. The summed E-state index contributed by atoms with van der Waals surface area (Å²) in [5.74, 6) is 0.515. The molecule has 126 valence electrons. The molecule has 6 nitrogen and oxygen atoms in total. The first kappa shape index (κ1) is 16.2. The van der Waals surface area contributed by atoms with Gasteiger partial charge >= 0.3 is 5.97 Å². The number of ether oxygens (including phenoxy) is 1. The lowest BCUT2D eigenvalue weighted by Crippen LogP contribution is -2.23. The normalized spacial score (nSPS) is 14.2. The molecule has 1 aliphatic heterocycles. The molecule has 1 aromatic heterocycles. The van der Waals surface area contributed by atoms with Crippen molar-refractivity contribution in [3.63, 3.8) is 0 Å². The van der Waals surface area contributed by atoms with Crippen LogP contribution in [0.1, 0.15) is 35.4 Å². The third kappa shape index (κ3) is 3.48. The second kappa shape index (κ2) is 6.86. The van der Waals surface area contributed by atoms with Crippen molar-refractivity contribution in [3.8, 4) is 0 Å². The molecule has 3 rings (SSSR count). The first-order valence-electron chi connectivity index (χ1n) is 8.01. The fraction of sp³-hybridized carbons (Fsp3) is 0.389. The maximum atomic E-state index is 12.0. The predicted molar refractivity (Wildman–Crippen MR) is 87.5 cm³/mol. The Labute approximate surface area is 140 Å². The molecule has 24 heavy (non-hydrogen) atoms. The third-order valence-corrected chi connectivity index (χ3v) is 4.23. The average Bonchev–Trinajstić information content (AvgIpc) is 3.12. The molecule has 2 aromatic rings. The molecule has 0 atom stereocenters. The lowest BCUT2D eigenvalue weighted by atomic mass is 10.1. The van der Waals surface area contributed by atoms with Gasteiger partial charge in [0.15, 0.2) is 0 Å². The molecular formula is C18H20N2O4. The molecule has 1 saturated heterocycles. The van der Waals surface area contributed by atoms with Gasteiger partial charge in [-0.2, -0.15) is 0 Å². The number of anilines is 1. The van der Waals surface area contributed by atoms with Crippen LogP contribution in [0.25, 0.3) is 0 Å². The molecule has 1 aliphatic rings. The number of amides is 1. The minimum absolute atomic E-state index is 0.154. The molecule has 1 amide bonds. The first-order chi connectivity index (χ1) is 11.5. The van der Waals surface area contributed by atoms with E-state index in [1.165, 1.54) is 0 Å². The second-order valence-electron chi connectivity index (χ2n) is 5.96. The van der Waals surface area contributed by atoms with Crippen molar-refractivity contribution in [1.82, 2.24) is 5.16 Å². The Hall–Kier alpha value is -2.63. The Bertz CT molecular complexity index is 729. The van der Waals surface area contributed by atoms with Gasteiger partial charge in [0, 0.05) is 18.7 Å². The van der Waals surface area contributed by atoms with Crippen molar-refractivity contribution in [2.45, 2.75) is 39.7 Å². The van der Waals surface area contributed by atoms with Crippen molar-refractivity contribution >= 4 is 17.6 Å². The highest BCUT2D eigenvalue weighted by atomic mass is 16.5. The summed E-state index contributed by atoms with van der Waals surface area (Å²) in [6, 6.07) is 7.47. The standard InChI is InChI=1S/C18H20N2O4/c1-12-16(13(2)24-19-12)11-23-18(22)10-14-5-7-15(8-6-14)20-9-3-4-17(20)21/h5-8H,3-4,9-11H2,1-2H3. The van der Waals surface area contributed by atoms with Gasteiger partial charge in [-0.05, 0) is 38.0 Å². The zero-order chi connectivity index (χ0) is 17.1. The summed E-state index contributed by atoms with van der Waals surface area (Å²) in [6.07, 6.45) is 1.70. The van der Waals surface area contributed by atoms with Crippen LogP contribution >= 0.6 is 0 Å². The van der Waals surface area contributed by atoms with E-state index < -0.39 is 0 Å². The smallest absolute Gasteiger partial charge is 0.310 e. The highest BCUT2D eigenvalue weighted by Crippen LogP contribution is 2.22. The number of aryl methyl sites for hydroxylation is 2. The van der Waals surface area contributed by atoms with Crippen LogP contribution < -0.4 is 4.90 Å². The van der Waals surface area contributed by atoms with Crippen LogP contribution in [0.15, 0.2) is 28.8 Å².